The molecule has 0 saturated heterocycles. The molecule has 0 bridgehead atoms. The van der Waals surface area contributed by atoms with E-state index in [0.29, 0.717) is 6.42 Å². The van der Waals surface area contributed by atoms with Crippen molar-refractivity contribution in [3.63, 3.8) is 0 Å². The minimum Gasteiger partial charge on any atom is -0.481 e. The number of benzene rings is 1. The van der Waals surface area contributed by atoms with E-state index in [2.05, 4.69) is 39.1 Å². The molecule has 0 amide bonds. The third-order valence-electron chi connectivity index (χ3n) is 3.37. The van der Waals surface area contributed by atoms with Gasteiger partial charge in [0.1, 0.15) is 10.4 Å². The van der Waals surface area contributed by atoms with Gasteiger partial charge < -0.3 is 9.67 Å². The van der Waals surface area contributed by atoms with Crippen LogP contribution in [0, 0.1) is 13.8 Å². The average molecular weight is 337 g/mol. The number of nitrogens with zero attached hydrogens (tertiary/aromatic N) is 2. The van der Waals surface area contributed by atoms with Crippen molar-refractivity contribution in [3.8, 4) is 11.4 Å². The van der Waals surface area contributed by atoms with E-state index < -0.39 is 5.97 Å². The highest BCUT2D eigenvalue weighted by Gasteiger charge is 2.16. The fourth-order valence-electron chi connectivity index (χ4n) is 2.21. The molecule has 0 spiro atoms. The maximum Gasteiger partial charge on any atom is 0.303 e. The number of hydrogen-bond donors (Lipinski definition) is 1. The number of carboxylic acids is 1. The quantitative estimate of drug-likeness (QED) is 0.929. The number of rotatable bonds is 4. The van der Waals surface area contributed by atoms with Crippen LogP contribution in [-0.4, -0.2) is 20.6 Å². The van der Waals surface area contributed by atoms with Gasteiger partial charge in [0.15, 0.2) is 0 Å². The van der Waals surface area contributed by atoms with Gasteiger partial charge in [0, 0.05) is 19.0 Å². The maximum atomic E-state index is 10.7. The van der Waals surface area contributed by atoms with Crippen LogP contribution in [-0.2, 0) is 18.3 Å². The summed E-state index contributed by atoms with van der Waals surface area (Å²) in [6.45, 7) is 4.10. The van der Waals surface area contributed by atoms with Gasteiger partial charge in [-0.05, 0) is 41.4 Å². The molecule has 1 aromatic carbocycles. The first-order valence-corrected chi connectivity index (χ1v) is 7.20. The highest BCUT2D eigenvalue weighted by Crippen LogP contribution is 2.28. The van der Waals surface area contributed by atoms with Crippen molar-refractivity contribution in [3.05, 3.63) is 39.6 Å². The van der Waals surface area contributed by atoms with Crippen LogP contribution in [0.4, 0.5) is 0 Å². The zero-order valence-corrected chi connectivity index (χ0v) is 13.4. The lowest BCUT2D eigenvalue weighted by atomic mass is 10.1. The number of carboxylic acid groups (broad SMARTS) is 1. The molecule has 2 rings (SSSR count). The number of carbonyl (C=O) groups is 1. The van der Waals surface area contributed by atoms with E-state index in [1.54, 1.807) is 0 Å². The van der Waals surface area contributed by atoms with Crippen molar-refractivity contribution in [2.45, 2.75) is 26.7 Å². The molecule has 0 saturated carbocycles. The van der Waals surface area contributed by atoms with E-state index in [9.17, 15) is 4.79 Å². The van der Waals surface area contributed by atoms with Crippen LogP contribution >= 0.6 is 15.9 Å². The number of hydrogen-bond acceptors (Lipinski definition) is 2. The number of aryl methyl sites for hydroxylation is 2. The molecule has 0 aliphatic heterocycles. The van der Waals surface area contributed by atoms with Crippen LogP contribution in [0.3, 0.4) is 0 Å². The normalized spacial score (nSPS) is 10.8. The van der Waals surface area contributed by atoms with Gasteiger partial charge >= 0.3 is 5.97 Å². The third-order valence-corrected chi connectivity index (χ3v) is 4.01. The van der Waals surface area contributed by atoms with E-state index in [1.807, 2.05) is 25.5 Å². The predicted octanol–water partition coefficient (Wildman–Crippen LogP) is 3.48. The minimum atomic E-state index is -0.800. The van der Waals surface area contributed by atoms with Crippen molar-refractivity contribution >= 4 is 21.9 Å². The van der Waals surface area contributed by atoms with Gasteiger partial charge in [-0.1, -0.05) is 17.7 Å². The largest absolute Gasteiger partial charge is 0.481 e. The molecular formula is C15H17BrN2O2. The zero-order chi connectivity index (χ0) is 14.9. The molecule has 1 N–H and O–H groups in total. The standard InChI is InChI=1S/C15H17BrN2O2/c1-9-4-5-10(2)11(8-9)15-17-14(16)12(18(15)3)6-7-13(19)20/h4-5,8H,6-7H2,1-3H3,(H,19,20). The first-order valence-electron chi connectivity index (χ1n) is 6.40. The van der Waals surface area contributed by atoms with Crippen LogP contribution in [0.15, 0.2) is 22.8 Å². The summed E-state index contributed by atoms with van der Waals surface area (Å²) < 4.78 is 2.69. The van der Waals surface area contributed by atoms with Crippen LogP contribution in [0.5, 0.6) is 0 Å². The van der Waals surface area contributed by atoms with Crippen molar-refractivity contribution in [2.24, 2.45) is 7.05 Å². The monoisotopic (exact) mass is 336 g/mol. The highest BCUT2D eigenvalue weighted by molar-refractivity contribution is 9.10. The summed E-state index contributed by atoms with van der Waals surface area (Å²) in [5.41, 5.74) is 4.32. The number of aliphatic carboxylic acids is 1. The molecule has 4 nitrogen and oxygen atoms in total. The van der Waals surface area contributed by atoms with Gasteiger partial charge in [-0.3, -0.25) is 4.79 Å². The Balaban J connectivity index is 2.46. The molecule has 0 aliphatic carbocycles. The summed E-state index contributed by atoms with van der Waals surface area (Å²) in [4.78, 5) is 15.3. The third kappa shape index (κ3) is 2.93. The molecule has 0 atom stereocenters. The maximum absolute atomic E-state index is 10.7. The van der Waals surface area contributed by atoms with E-state index >= 15 is 0 Å². The summed E-state index contributed by atoms with van der Waals surface area (Å²) in [6, 6.07) is 6.25. The first-order chi connectivity index (χ1) is 9.40. The second kappa shape index (κ2) is 5.79. The Morgan fingerprint density at radius 3 is 2.75 bits per heavy atom. The molecule has 1 heterocycles. The predicted molar refractivity (Wildman–Crippen MR) is 81.8 cm³/mol. The van der Waals surface area contributed by atoms with Crippen molar-refractivity contribution in [1.82, 2.24) is 9.55 Å². The second-order valence-electron chi connectivity index (χ2n) is 4.94. The Kier molecular flexibility index (Phi) is 4.28. The van der Waals surface area contributed by atoms with Crippen molar-refractivity contribution < 1.29 is 9.90 Å². The summed E-state index contributed by atoms with van der Waals surface area (Å²) in [6.07, 6.45) is 0.564. The van der Waals surface area contributed by atoms with Crippen LogP contribution in [0.1, 0.15) is 23.2 Å². The Labute approximate surface area is 126 Å². The van der Waals surface area contributed by atoms with Crippen LogP contribution in [0.25, 0.3) is 11.4 Å². The van der Waals surface area contributed by atoms with E-state index in [0.717, 1.165) is 27.2 Å². The Morgan fingerprint density at radius 1 is 1.40 bits per heavy atom. The van der Waals surface area contributed by atoms with Crippen molar-refractivity contribution in [1.29, 1.82) is 0 Å². The van der Waals surface area contributed by atoms with E-state index in [-0.39, 0.29) is 6.42 Å². The molecule has 0 aliphatic rings. The molecule has 5 heteroatoms. The van der Waals surface area contributed by atoms with Gasteiger partial charge in [0.05, 0.1) is 12.1 Å². The van der Waals surface area contributed by atoms with Crippen LogP contribution < -0.4 is 0 Å². The lowest BCUT2D eigenvalue weighted by Gasteiger charge is -2.09. The molecule has 0 fully saturated rings. The topological polar surface area (TPSA) is 55.1 Å². The Hall–Kier alpha value is -1.62. The lowest BCUT2D eigenvalue weighted by Crippen LogP contribution is -2.04. The fourth-order valence-corrected chi connectivity index (χ4v) is 2.84. The summed E-state index contributed by atoms with van der Waals surface area (Å²) in [7, 11) is 1.92. The molecule has 2 aromatic rings. The molecular weight excluding hydrogens is 320 g/mol. The van der Waals surface area contributed by atoms with E-state index in [1.165, 1.54) is 5.56 Å². The molecule has 20 heavy (non-hydrogen) atoms. The van der Waals surface area contributed by atoms with Gasteiger partial charge in [-0.2, -0.15) is 0 Å². The smallest absolute Gasteiger partial charge is 0.303 e. The van der Waals surface area contributed by atoms with Gasteiger partial charge in [-0.25, -0.2) is 4.98 Å². The van der Waals surface area contributed by atoms with Gasteiger partial charge in [0.2, 0.25) is 0 Å². The summed E-state index contributed by atoms with van der Waals surface area (Å²) >= 11 is 3.43. The Bertz CT molecular complexity index is 662. The van der Waals surface area contributed by atoms with Crippen LogP contribution in [0.2, 0.25) is 0 Å². The van der Waals surface area contributed by atoms with Gasteiger partial charge in [0.25, 0.3) is 0 Å². The molecule has 1 aromatic heterocycles. The summed E-state index contributed by atoms with van der Waals surface area (Å²) in [5.74, 6) is 0.0600. The molecule has 0 unspecified atom stereocenters. The van der Waals surface area contributed by atoms with E-state index in [4.69, 9.17) is 5.11 Å². The first kappa shape index (κ1) is 14.8. The lowest BCUT2D eigenvalue weighted by molar-refractivity contribution is -0.136. The second-order valence-corrected chi connectivity index (χ2v) is 5.70. The molecule has 0 radical (unpaired) electrons. The fraction of sp³-hybridized carbons (Fsp3) is 0.333. The minimum absolute atomic E-state index is 0.102. The van der Waals surface area contributed by atoms with Gasteiger partial charge in [-0.15, -0.1) is 0 Å². The molecule has 106 valence electrons. The zero-order valence-electron chi connectivity index (χ0n) is 11.8. The summed E-state index contributed by atoms with van der Waals surface area (Å²) in [5, 5.41) is 8.82. The number of aromatic nitrogens is 2. The Morgan fingerprint density at radius 2 is 2.10 bits per heavy atom. The average Bonchev–Trinajstić information content (AvgIpc) is 2.65. The number of halogens is 1. The van der Waals surface area contributed by atoms with Crippen molar-refractivity contribution in [2.75, 3.05) is 0 Å². The SMILES string of the molecule is Cc1ccc(C)c(-c2nc(Br)c(CCC(=O)O)n2C)c1. The highest BCUT2D eigenvalue weighted by atomic mass is 79.9. The number of imidazole rings is 1.